The van der Waals surface area contributed by atoms with E-state index in [1.54, 1.807) is 24.3 Å². The zero-order chi connectivity index (χ0) is 17.0. The second-order valence-corrected chi connectivity index (χ2v) is 5.13. The summed E-state index contributed by atoms with van der Waals surface area (Å²) in [5.41, 5.74) is 7.77. The Morgan fingerprint density at radius 3 is 2.30 bits per heavy atom. The minimum Gasteiger partial charge on any atom is -0.476 e. The van der Waals surface area contributed by atoms with Gasteiger partial charge >= 0.3 is 5.97 Å². The number of carboxylic acids is 1. The second kappa shape index (κ2) is 6.69. The first-order valence-electron chi connectivity index (χ1n) is 6.93. The molecule has 6 N–H and O–H groups in total. The van der Waals surface area contributed by atoms with Gasteiger partial charge in [0, 0.05) is 31.6 Å². The Labute approximate surface area is 131 Å². The van der Waals surface area contributed by atoms with E-state index in [1.165, 1.54) is 0 Å². The number of nitrogens with two attached hydrogens (primary N) is 2. The number of piperidine rings is 1. The topological polar surface area (TPSA) is 114 Å². The molecule has 0 spiro atoms. The highest BCUT2D eigenvalue weighted by atomic mass is 19.3. The normalized spacial score (nSPS) is 18.1. The van der Waals surface area contributed by atoms with Crippen molar-refractivity contribution in [2.45, 2.75) is 18.8 Å². The van der Waals surface area contributed by atoms with Gasteiger partial charge in [0.05, 0.1) is 0 Å². The van der Waals surface area contributed by atoms with Gasteiger partial charge in [0.15, 0.2) is 5.70 Å². The summed E-state index contributed by atoms with van der Waals surface area (Å²) in [7, 11) is 0. The summed E-state index contributed by atoms with van der Waals surface area (Å²) in [6.07, 6.45) is -0.351. The molecule has 0 bridgehead atoms. The number of rotatable bonds is 5. The summed E-state index contributed by atoms with van der Waals surface area (Å²) in [6.45, 7) is 0.547. The molecule has 0 unspecified atom stereocenters. The lowest BCUT2D eigenvalue weighted by Crippen LogP contribution is -2.39. The third-order valence-corrected chi connectivity index (χ3v) is 3.53. The SMILES string of the molecule is NN/C(C(=O)O)=C(\N)Oc1ccc(N2CCC(F)(F)CC2)cc1. The summed E-state index contributed by atoms with van der Waals surface area (Å²) in [6, 6.07) is 6.54. The number of hydrazine groups is 1. The summed E-state index contributed by atoms with van der Waals surface area (Å²) in [5.74, 6) is 1.03. The van der Waals surface area contributed by atoms with Crippen molar-refractivity contribution in [3.63, 3.8) is 0 Å². The summed E-state index contributed by atoms with van der Waals surface area (Å²) in [4.78, 5) is 12.7. The van der Waals surface area contributed by atoms with Crippen LogP contribution in [-0.4, -0.2) is 30.1 Å². The molecule has 0 aromatic heterocycles. The number of halogens is 2. The molecule has 7 nitrogen and oxygen atoms in total. The van der Waals surface area contributed by atoms with E-state index in [4.69, 9.17) is 21.4 Å². The standard InChI is InChI=1S/C14H18F2N4O3/c15-14(16)5-7-20(8-6-14)9-1-3-10(4-2-9)23-12(17)11(19-18)13(21)22/h1-4,19H,5-8,17-18H2,(H,21,22)/b12-11+. The highest BCUT2D eigenvalue weighted by molar-refractivity contribution is 5.86. The van der Waals surface area contributed by atoms with E-state index in [0.717, 1.165) is 5.69 Å². The van der Waals surface area contributed by atoms with Crippen LogP contribution in [0.5, 0.6) is 5.75 Å². The average molecular weight is 328 g/mol. The molecule has 0 saturated carbocycles. The van der Waals surface area contributed by atoms with Crippen LogP contribution in [0.1, 0.15) is 12.8 Å². The molecule has 126 valence electrons. The molecule has 0 aliphatic carbocycles. The van der Waals surface area contributed by atoms with Gasteiger partial charge in [0.25, 0.3) is 5.92 Å². The van der Waals surface area contributed by atoms with Gasteiger partial charge in [-0.2, -0.15) is 0 Å². The summed E-state index contributed by atoms with van der Waals surface area (Å²) >= 11 is 0. The van der Waals surface area contributed by atoms with E-state index in [1.807, 2.05) is 10.3 Å². The molecule has 23 heavy (non-hydrogen) atoms. The first-order chi connectivity index (χ1) is 10.8. The highest BCUT2D eigenvalue weighted by Gasteiger charge is 2.33. The van der Waals surface area contributed by atoms with Crippen molar-refractivity contribution in [3.8, 4) is 5.75 Å². The number of benzene rings is 1. The molecule has 0 amide bonds. The monoisotopic (exact) mass is 328 g/mol. The molecule has 1 aliphatic heterocycles. The maximum Gasteiger partial charge on any atom is 0.358 e. The number of carboxylic acid groups (broad SMARTS) is 1. The summed E-state index contributed by atoms with van der Waals surface area (Å²) < 4.78 is 31.5. The van der Waals surface area contributed by atoms with Crippen LogP contribution in [0.15, 0.2) is 35.8 Å². The van der Waals surface area contributed by atoms with E-state index >= 15 is 0 Å². The molecule has 1 fully saturated rings. The van der Waals surface area contributed by atoms with Crippen LogP contribution in [0, 0.1) is 0 Å². The maximum atomic E-state index is 13.1. The van der Waals surface area contributed by atoms with Crippen molar-refractivity contribution in [2.75, 3.05) is 18.0 Å². The lowest BCUT2D eigenvalue weighted by atomic mass is 10.1. The molecule has 1 aliphatic rings. The Balaban J connectivity index is 2.04. The van der Waals surface area contributed by atoms with Gasteiger partial charge in [-0.15, -0.1) is 0 Å². The third kappa shape index (κ3) is 4.22. The third-order valence-electron chi connectivity index (χ3n) is 3.53. The number of aliphatic carboxylic acids is 1. The van der Waals surface area contributed by atoms with Crippen LogP contribution in [0.3, 0.4) is 0 Å². The van der Waals surface area contributed by atoms with Crippen LogP contribution in [0.2, 0.25) is 0 Å². The van der Waals surface area contributed by atoms with Crippen LogP contribution in [0.25, 0.3) is 0 Å². The van der Waals surface area contributed by atoms with Crippen LogP contribution in [0.4, 0.5) is 14.5 Å². The van der Waals surface area contributed by atoms with Gasteiger partial charge in [-0.1, -0.05) is 0 Å². The van der Waals surface area contributed by atoms with Crippen LogP contribution < -0.4 is 26.6 Å². The molecule has 0 atom stereocenters. The molecule has 2 rings (SSSR count). The van der Waals surface area contributed by atoms with Crippen molar-refractivity contribution in [1.82, 2.24) is 5.43 Å². The van der Waals surface area contributed by atoms with Gasteiger partial charge in [0.2, 0.25) is 5.88 Å². The Bertz CT molecular complexity index is 595. The zero-order valence-corrected chi connectivity index (χ0v) is 12.3. The average Bonchev–Trinajstić information content (AvgIpc) is 2.48. The number of anilines is 1. The quantitative estimate of drug-likeness (QED) is 0.276. The van der Waals surface area contributed by atoms with Gasteiger partial charge < -0.3 is 25.9 Å². The van der Waals surface area contributed by atoms with E-state index in [9.17, 15) is 13.6 Å². The van der Waals surface area contributed by atoms with Crippen LogP contribution >= 0.6 is 0 Å². The van der Waals surface area contributed by atoms with Crippen molar-refractivity contribution in [2.24, 2.45) is 11.6 Å². The highest BCUT2D eigenvalue weighted by Crippen LogP contribution is 2.31. The number of nitrogens with one attached hydrogen (secondary N) is 1. The zero-order valence-electron chi connectivity index (χ0n) is 12.3. The first-order valence-corrected chi connectivity index (χ1v) is 6.93. The minimum atomic E-state index is -2.60. The Morgan fingerprint density at radius 2 is 1.83 bits per heavy atom. The Morgan fingerprint density at radius 1 is 1.26 bits per heavy atom. The van der Waals surface area contributed by atoms with E-state index < -0.39 is 17.6 Å². The largest absolute Gasteiger partial charge is 0.476 e. The first kappa shape index (κ1) is 16.8. The predicted molar refractivity (Wildman–Crippen MR) is 79.6 cm³/mol. The maximum absolute atomic E-state index is 13.1. The fraction of sp³-hybridized carbons (Fsp3) is 0.357. The molecule has 1 saturated heterocycles. The lowest BCUT2D eigenvalue weighted by molar-refractivity contribution is -0.133. The van der Waals surface area contributed by atoms with E-state index in [-0.39, 0.29) is 31.8 Å². The van der Waals surface area contributed by atoms with Gasteiger partial charge in [-0.3, -0.25) is 5.84 Å². The number of alkyl halides is 2. The van der Waals surface area contributed by atoms with E-state index in [0.29, 0.717) is 5.75 Å². The predicted octanol–water partition coefficient (Wildman–Crippen LogP) is 0.977. The minimum absolute atomic E-state index is 0.176. The molecule has 0 radical (unpaired) electrons. The molecule has 1 heterocycles. The molecule has 1 aromatic carbocycles. The van der Waals surface area contributed by atoms with Crippen molar-refractivity contribution in [1.29, 1.82) is 0 Å². The summed E-state index contributed by atoms with van der Waals surface area (Å²) in [5, 5.41) is 8.85. The number of hydrogen-bond acceptors (Lipinski definition) is 6. The smallest absolute Gasteiger partial charge is 0.358 e. The number of nitrogens with zero attached hydrogens (tertiary/aromatic N) is 1. The number of ether oxygens (including phenoxy) is 1. The molecule has 1 aromatic rings. The molecule has 9 heteroatoms. The number of carbonyl (C=O) groups is 1. The van der Waals surface area contributed by atoms with Crippen molar-refractivity contribution < 1.29 is 23.4 Å². The fourth-order valence-electron chi connectivity index (χ4n) is 2.23. The van der Waals surface area contributed by atoms with Crippen LogP contribution in [-0.2, 0) is 4.79 Å². The Hall–Kier alpha value is -2.55. The van der Waals surface area contributed by atoms with Crippen molar-refractivity contribution in [3.05, 3.63) is 35.8 Å². The van der Waals surface area contributed by atoms with Crippen molar-refractivity contribution >= 4 is 11.7 Å². The second-order valence-electron chi connectivity index (χ2n) is 5.13. The van der Waals surface area contributed by atoms with Gasteiger partial charge in [-0.25, -0.2) is 13.6 Å². The number of hydrogen-bond donors (Lipinski definition) is 4. The Kier molecular flexibility index (Phi) is 4.89. The van der Waals surface area contributed by atoms with Gasteiger partial charge in [0.1, 0.15) is 5.75 Å². The fourth-order valence-corrected chi connectivity index (χ4v) is 2.23. The molecular weight excluding hydrogens is 310 g/mol. The van der Waals surface area contributed by atoms with Gasteiger partial charge in [-0.05, 0) is 24.3 Å². The lowest BCUT2D eigenvalue weighted by Gasteiger charge is -2.33. The van der Waals surface area contributed by atoms with E-state index in [2.05, 4.69) is 0 Å². The molecular formula is C14H18F2N4O3.